The number of hydrogen-bond donors (Lipinski definition) is 1. The van der Waals surface area contributed by atoms with Crippen LogP contribution >= 0.6 is 0 Å². The lowest BCUT2D eigenvalue weighted by atomic mass is 9.87. The number of likely N-dealkylation sites (N-methyl/N-ethyl adjacent to an activating group) is 1. The van der Waals surface area contributed by atoms with Crippen LogP contribution in [0.5, 0.6) is 0 Å². The summed E-state index contributed by atoms with van der Waals surface area (Å²) in [6, 6.07) is 16.3. The summed E-state index contributed by atoms with van der Waals surface area (Å²) in [5.41, 5.74) is 3.29. The monoisotopic (exact) mass is 393 g/mol. The van der Waals surface area contributed by atoms with Gasteiger partial charge in [-0.15, -0.1) is 0 Å². The molecule has 4 rings (SSSR count). The van der Waals surface area contributed by atoms with Gasteiger partial charge >= 0.3 is 12.1 Å². The predicted molar refractivity (Wildman–Crippen MR) is 111 cm³/mol. The Morgan fingerprint density at radius 2 is 1.59 bits per heavy atom. The zero-order chi connectivity index (χ0) is 20.8. The number of amides is 1. The zero-order valence-electron chi connectivity index (χ0n) is 17.1. The average molecular weight is 393 g/mol. The summed E-state index contributed by atoms with van der Waals surface area (Å²) in [7, 11) is 1.55. The Morgan fingerprint density at radius 3 is 2.07 bits per heavy atom. The fourth-order valence-corrected chi connectivity index (χ4v) is 4.99. The number of carboxylic acids is 1. The summed E-state index contributed by atoms with van der Waals surface area (Å²) in [6.45, 7) is 4.28. The molecule has 1 N–H and O–H groups in total. The number of hydrogen-bond acceptors (Lipinski definition) is 3. The van der Waals surface area contributed by atoms with Crippen LogP contribution in [0, 0.1) is 5.41 Å². The van der Waals surface area contributed by atoms with Gasteiger partial charge in [0.25, 0.3) is 0 Å². The zero-order valence-corrected chi connectivity index (χ0v) is 17.1. The van der Waals surface area contributed by atoms with Crippen LogP contribution in [0.1, 0.15) is 50.2 Å². The topological polar surface area (TPSA) is 66.8 Å². The number of fused-ring (bicyclic) bond motifs is 3. The van der Waals surface area contributed by atoms with Crippen molar-refractivity contribution in [3.05, 3.63) is 59.7 Å². The number of carbonyl (C=O) groups is 2. The lowest BCUT2D eigenvalue weighted by molar-refractivity contribution is -0.150. The maximum Gasteiger partial charge on any atom is 0.410 e. The van der Waals surface area contributed by atoms with Gasteiger partial charge in [-0.1, -0.05) is 62.4 Å². The van der Waals surface area contributed by atoms with Gasteiger partial charge in [-0.2, -0.15) is 0 Å². The minimum Gasteiger partial charge on any atom is -0.479 e. The van der Waals surface area contributed by atoms with E-state index in [-0.39, 0.29) is 17.9 Å². The third-order valence-electron chi connectivity index (χ3n) is 6.64. The number of carboxylic acid groups (broad SMARTS) is 1. The third-order valence-corrected chi connectivity index (χ3v) is 6.64. The van der Waals surface area contributed by atoms with Gasteiger partial charge in [-0.05, 0) is 46.9 Å². The molecule has 1 saturated carbocycles. The first-order valence-corrected chi connectivity index (χ1v) is 10.1. The smallest absolute Gasteiger partial charge is 0.410 e. The molecule has 5 nitrogen and oxygen atoms in total. The van der Waals surface area contributed by atoms with E-state index in [1.54, 1.807) is 7.05 Å². The second-order valence-electron chi connectivity index (χ2n) is 9.04. The van der Waals surface area contributed by atoms with Crippen molar-refractivity contribution in [2.45, 2.75) is 44.6 Å². The number of ether oxygens (including phenoxy) is 1. The first-order valence-electron chi connectivity index (χ1n) is 10.1. The molecule has 1 fully saturated rings. The normalized spacial score (nSPS) is 22.0. The van der Waals surface area contributed by atoms with Crippen molar-refractivity contribution in [3.8, 4) is 11.1 Å². The molecule has 1 unspecified atom stereocenters. The highest BCUT2D eigenvalue weighted by molar-refractivity contribution is 5.85. The molecule has 2 aliphatic carbocycles. The van der Waals surface area contributed by atoms with Crippen molar-refractivity contribution in [2.24, 2.45) is 5.41 Å². The fourth-order valence-electron chi connectivity index (χ4n) is 4.99. The van der Waals surface area contributed by atoms with Gasteiger partial charge in [0.05, 0.1) is 0 Å². The van der Waals surface area contributed by atoms with Crippen LogP contribution < -0.4 is 0 Å². The van der Waals surface area contributed by atoms with Crippen molar-refractivity contribution < 1.29 is 19.4 Å². The van der Waals surface area contributed by atoms with Crippen LogP contribution in [0.25, 0.3) is 11.1 Å². The molecule has 2 aromatic rings. The van der Waals surface area contributed by atoms with Crippen LogP contribution in [0.2, 0.25) is 0 Å². The van der Waals surface area contributed by atoms with Crippen LogP contribution in [0.3, 0.4) is 0 Å². The summed E-state index contributed by atoms with van der Waals surface area (Å²) in [4.78, 5) is 26.3. The van der Waals surface area contributed by atoms with Crippen molar-refractivity contribution in [1.29, 1.82) is 0 Å². The molecule has 0 aliphatic heterocycles. The maximum atomic E-state index is 12.9. The Balaban J connectivity index is 1.54. The Hall–Kier alpha value is -2.82. The van der Waals surface area contributed by atoms with Gasteiger partial charge in [-0.3, -0.25) is 4.90 Å². The van der Waals surface area contributed by atoms with Gasteiger partial charge in [0.2, 0.25) is 0 Å². The van der Waals surface area contributed by atoms with E-state index >= 15 is 0 Å². The SMILES string of the molecule is CN(C(=O)OCC1c2ccccc2-c2ccccc21)C1(C(=O)O)CCC(C)(C)C1. The Morgan fingerprint density at radius 1 is 1.03 bits per heavy atom. The van der Waals surface area contributed by atoms with Crippen LogP contribution in [-0.4, -0.2) is 41.3 Å². The molecule has 5 heteroatoms. The molecule has 152 valence electrons. The summed E-state index contributed by atoms with van der Waals surface area (Å²) in [6.07, 6.45) is 1.05. The molecule has 29 heavy (non-hydrogen) atoms. The molecule has 0 spiro atoms. The average Bonchev–Trinajstić information content (AvgIpc) is 3.21. The Bertz CT molecular complexity index is 921. The number of rotatable bonds is 4. The molecule has 0 heterocycles. The number of nitrogens with zero attached hydrogens (tertiary/aromatic N) is 1. The minimum absolute atomic E-state index is 0.0412. The Labute approximate surface area is 171 Å². The van der Waals surface area contributed by atoms with E-state index in [9.17, 15) is 14.7 Å². The van der Waals surface area contributed by atoms with E-state index in [0.717, 1.165) is 28.7 Å². The Kier molecular flexibility index (Phi) is 4.64. The third kappa shape index (κ3) is 3.18. The van der Waals surface area contributed by atoms with Crippen molar-refractivity contribution in [1.82, 2.24) is 4.90 Å². The number of benzene rings is 2. The first kappa shape index (κ1) is 19.5. The number of aliphatic carboxylic acids is 1. The second-order valence-corrected chi connectivity index (χ2v) is 9.04. The fraction of sp³-hybridized carbons (Fsp3) is 0.417. The summed E-state index contributed by atoms with van der Waals surface area (Å²) in [5.74, 6) is -1.00. The van der Waals surface area contributed by atoms with Crippen LogP contribution in [0.4, 0.5) is 4.79 Å². The van der Waals surface area contributed by atoms with Crippen LogP contribution in [0.15, 0.2) is 48.5 Å². The lowest BCUT2D eigenvalue weighted by Crippen LogP contribution is -2.54. The van der Waals surface area contributed by atoms with Gasteiger partial charge in [0.15, 0.2) is 0 Å². The van der Waals surface area contributed by atoms with Crippen molar-refractivity contribution in [3.63, 3.8) is 0 Å². The van der Waals surface area contributed by atoms with Gasteiger partial charge in [0, 0.05) is 13.0 Å². The summed E-state index contributed by atoms with van der Waals surface area (Å²) < 4.78 is 5.68. The van der Waals surface area contributed by atoms with E-state index in [1.807, 2.05) is 38.1 Å². The van der Waals surface area contributed by atoms with Crippen LogP contribution in [-0.2, 0) is 9.53 Å². The first-order chi connectivity index (χ1) is 13.8. The highest BCUT2D eigenvalue weighted by Gasteiger charge is 2.53. The number of carbonyl (C=O) groups excluding carboxylic acids is 1. The van der Waals surface area contributed by atoms with Gasteiger partial charge < -0.3 is 9.84 Å². The molecule has 2 aromatic carbocycles. The molecular formula is C24H27NO4. The second kappa shape index (κ2) is 6.90. The molecule has 0 saturated heterocycles. The molecule has 2 aliphatic rings. The quantitative estimate of drug-likeness (QED) is 0.802. The molecule has 0 aromatic heterocycles. The van der Waals surface area contributed by atoms with E-state index < -0.39 is 17.6 Å². The van der Waals surface area contributed by atoms with E-state index in [4.69, 9.17) is 4.74 Å². The van der Waals surface area contributed by atoms with E-state index in [1.165, 1.54) is 4.90 Å². The largest absolute Gasteiger partial charge is 0.479 e. The molecule has 1 atom stereocenters. The summed E-state index contributed by atoms with van der Waals surface area (Å²) >= 11 is 0. The van der Waals surface area contributed by atoms with Crippen molar-refractivity contribution in [2.75, 3.05) is 13.7 Å². The lowest BCUT2D eigenvalue weighted by Gasteiger charge is -2.35. The van der Waals surface area contributed by atoms with Gasteiger partial charge in [0.1, 0.15) is 12.1 Å². The predicted octanol–water partition coefficient (Wildman–Crippen LogP) is 4.90. The minimum atomic E-state index is -1.20. The molecular weight excluding hydrogens is 366 g/mol. The van der Waals surface area contributed by atoms with E-state index in [2.05, 4.69) is 24.3 Å². The maximum absolute atomic E-state index is 12.9. The van der Waals surface area contributed by atoms with Gasteiger partial charge in [-0.25, -0.2) is 9.59 Å². The standard InChI is InChI=1S/C24H27NO4/c1-23(2)12-13-24(15-23,21(26)27)25(3)22(28)29-14-20-18-10-6-4-8-16(18)17-9-5-7-11-19(17)20/h4-11,20H,12-15H2,1-3H3,(H,26,27). The molecule has 0 bridgehead atoms. The highest BCUT2D eigenvalue weighted by atomic mass is 16.6. The van der Waals surface area contributed by atoms with E-state index in [0.29, 0.717) is 12.8 Å². The highest BCUT2D eigenvalue weighted by Crippen LogP contribution is 2.47. The molecule has 1 amide bonds. The molecule has 0 radical (unpaired) electrons. The van der Waals surface area contributed by atoms with Crippen molar-refractivity contribution >= 4 is 12.1 Å². The summed E-state index contributed by atoms with van der Waals surface area (Å²) in [5, 5.41) is 9.91.